The summed E-state index contributed by atoms with van der Waals surface area (Å²) in [6.07, 6.45) is -4.24. The Morgan fingerprint density at radius 2 is 1.96 bits per heavy atom. The van der Waals surface area contributed by atoms with Crippen LogP contribution in [0.1, 0.15) is 25.0 Å². The number of nitrogens with one attached hydrogen (secondary N) is 1. The summed E-state index contributed by atoms with van der Waals surface area (Å²) in [6, 6.07) is 7.11. The molecule has 1 N–H and O–H groups in total. The number of ether oxygens (including phenoxy) is 2. The van der Waals surface area contributed by atoms with Gasteiger partial charge in [-0.2, -0.15) is 13.2 Å². The van der Waals surface area contributed by atoms with Gasteiger partial charge in [0.1, 0.15) is 17.6 Å². The molecule has 1 atom stereocenters. The Kier molecular flexibility index (Phi) is 4.98. The van der Waals surface area contributed by atoms with Crippen molar-refractivity contribution < 1.29 is 31.1 Å². The first-order valence-corrected chi connectivity index (χ1v) is 9.75. The molecule has 5 nitrogen and oxygen atoms in total. The first-order chi connectivity index (χ1) is 12.6. The molecule has 0 spiro atoms. The largest absolute Gasteiger partial charge is 0.492 e. The minimum atomic E-state index is -4.80. The SMILES string of the molecule is CCOc1cc2c(cc1NS(=O)(=O)c1ccccc1C(F)(F)F)OC(C)C2. The van der Waals surface area contributed by atoms with Crippen molar-refractivity contribution in [1.29, 1.82) is 0 Å². The van der Waals surface area contributed by atoms with Crippen LogP contribution in [0.4, 0.5) is 18.9 Å². The minimum Gasteiger partial charge on any atom is -0.492 e. The molecule has 27 heavy (non-hydrogen) atoms. The second-order valence-corrected chi connectivity index (χ2v) is 7.77. The fraction of sp³-hybridized carbons (Fsp3) is 0.333. The van der Waals surface area contributed by atoms with Crippen molar-refractivity contribution in [2.45, 2.75) is 37.4 Å². The van der Waals surface area contributed by atoms with Gasteiger partial charge in [0.2, 0.25) is 0 Å². The third-order valence-electron chi connectivity index (χ3n) is 4.02. The van der Waals surface area contributed by atoms with Gasteiger partial charge < -0.3 is 9.47 Å². The van der Waals surface area contributed by atoms with Crippen LogP contribution in [0.2, 0.25) is 0 Å². The van der Waals surface area contributed by atoms with E-state index in [1.807, 2.05) is 6.92 Å². The third kappa shape index (κ3) is 3.97. The van der Waals surface area contributed by atoms with E-state index < -0.39 is 26.7 Å². The van der Waals surface area contributed by atoms with Crippen LogP contribution in [0, 0.1) is 0 Å². The van der Waals surface area contributed by atoms with Crippen molar-refractivity contribution in [1.82, 2.24) is 0 Å². The third-order valence-corrected chi connectivity index (χ3v) is 5.45. The van der Waals surface area contributed by atoms with Crippen molar-refractivity contribution in [3.05, 3.63) is 47.5 Å². The van der Waals surface area contributed by atoms with Gasteiger partial charge in [0.15, 0.2) is 0 Å². The van der Waals surface area contributed by atoms with Gasteiger partial charge in [0.05, 0.1) is 22.8 Å². The number of benzene rings is 2. The van der Waals surface area contributed by atoms with E-state index in [1.165, 1.54) is 12.1 Å². The Hall–Kier alpha value is -2.42. The Balaban J connectivity index is 2.04. The molecule has 146 valence electrons. The van der Waals surface area contributed by atoms with E-state index in [0.29, 0.717) is 12.2 Å². The highest BCUT2D eigenvalue weighted by Crippen LogP contribution is 2.40. The number of sulfonamides is 1. The normalized spacial score (nSPS) is 16.6. The highest BCUT2D eigenvalue weighted by atomic mass is 32.2. The second-order valence-electron chi connectivity index (χ2n) is 6.12. The molecule has 3 rings (SSSR count). The fourth-order valence-electron chi connectivity index (χ4n) is 2.93. The molecule has 1 heterocycles. The van der Waals surface area contributed by atoms with E-state index in [9.17, 15) is 21.6 Å². The number of rotatable bonds is 5. The summed E-state index contributed by atoms with van der Waals surface area (Å²) in [5.41, 5.74) is -0.354. The number of alkyl halides is 3. The molecule has 0 radical (unpaired) electrons. The molecule has 1 aliphatic heterocycles. The van der Waals surface area contributed by atoms with Gasteiger partial charge in [-0.1, -0.05) is 12.1 Å². The number of hydrogen-bond donors (Lipinski definition) is 1. The molecule has 0 aromatic heterocycles. The van der Waals surface area contributed by atoms with Crippen LogP contribution in [0.5, 0.6) is 11.5 Å². The molecular weight excluding hydrogens is 383 g/mol. The summed E-state index contributed by atoms with van der Waals surface area (Å²) in [4.78, 5) is -0.852. The summed E-state index contributed by atoms with van der Waals surface area (Å²) in [5.74, 6) is 0.717. The van der Waals surface area contributed by atoms with Crippen LogP contribution < -0.4 is 14.2 Å². The molecule has 0 saturated carbocycles. The van der Waals surface area contributed by atoms with Crippen LogP contribution in [-0.2, 0) is 22.6 Å². The average Bonchev–Trinajstić information content (AvgIpc) is 2.93. The van der Waals surface area contributed by atoms with E-state index in [-0.39, 0.29) is 24.1 Å². The predicted octanol–water partition coefficient (Wildman–Crippen LogP) is 4.23. The Bertz CT molecular complexity index is 958. The molecule has 0 amide bonds. The second kappa shape index (κ2) is 6.95. The first kappa shape index (κ1) is 19.3. The van der Waals surface area contributed by atoms with Crippen molar-refractivity contribution in [2.24, 2.45) is 0 Å². The maximum atomic E-state index is 13.2. The van der Waals surface area contributed by atoms with Gasteiger partial charge in [0.25, 0.3) is 10.0 Å². The lowest BCUT2D eigenvalue weighted by Crippen LogP contribution is -2.19. The van der Waals surface area contributed by atoms with Gasteiger partial charge in [-0.05, 0) is 32.0 Å². The lowest BCUT2D eigenvalue weighted by molar-refractivity contribution is -0.139. The van der Waals surface area contributed by atoms with Gasteiger partial charge in [0, 0.05) is 18.1 Å². The van der Waals surface area contributed by atoms with E-state index in [0.717, 1.165) is 23.8 Å². The maximum absolute atomic E-state index is 13.2. The molecule has 1 unspecified atom stereocenters. The minimum absolute atomic E-state index is 0.0293. The number of halogens is 3. The number of fused-ring (bicyclic) bond motifs is 1. The smallest absolute Gasteiger partial charge is 0.417 e. The first-order valence-electron chi connectivity index (χ1n) is 8.27. The van der Waals surface area contributed by atoms with E-state index >= 15 is 0 Å². The monoisotopic (exact) mass is 401 g/mol. The van der Waals surface area contributed by atoms with Gasteiger partial charge in [-0.25, -0.2) is 8.42 Å². The predicted molar refractivity (Wildman–Crippen MR) is 93.7 cm³/mol. The molecule has 9 heteroatoms. The van der Waals surface area contributed by atoms with Gasteiger partial charge in [-0.15, -0.1) is 0 Å². The van der Waals surface area contributed by atoms with Crippen molar-refractivity contribution >= 4 is 15.7 Å². The maximum Gasteiger partial charge on any atom is 0.417 e. The molecule has 0 bridgehead atoms. The molecule has 0 aliphatic carbocycles. The average molecular weight is 401 g/mol. The standard InChI is InChI=1S/C18H18F3NO4S/c1-3-25-16-9-12-8-11(2)26-15(12)10-14(16)22-27(23,24)17-7-5-4-6-13(17)18(19,20)21/h4-7,9-11,22H,3,8H2,1-2H3. The summed E-state index contributed by atoms with van der Waals surface area (Å²) in [5, 5.41) is 0. The van der Waals surface area contributed by atoms with Gasteiger partial charge in [-0.3, -0.25) is 4.72 Å². The van der Waals surface area contributed by atoms with Crippen LogP contribution in [0.25, 0.3) is 0 Å². The summed E-state index contributed by atoms with van der Waals surface area (Å²) >= 11 is 0. The van der Waals surface area contributed by atoms with Crippen molar-refractivity contribution in [3.63, 3.8) is 0 Å². The van der Waals surface area contributed by atoms with Crippen LogP contribution in [0.15, 0.2) is 41.3 Å². The quantitative estimate of drug-likeness (QED) is 0.815. The summed E-state index contributed by atoms with van der Waals surface area (Å²) < 4.78 is 78.3. The van der Waals surface area contributed by atoms with Crippen molar-refractivity contribution in [3.8, 4) is 11.5 Å². The zero-order chi connectivity index (χ0) is 19.8. The topological polar surface area (TPSA) is 64.6 Å². The molecule has 0 saturated heterocycles. The molecular formula is C18H18F3NO4S. The molecule has 1 aliphatic rings. The number of hydrogen-bond acceptors (Lipinski definition) is 4. The molecule has 2 aromatic carbocycles. The summed E-state index contributed by atoms with van der Waals surface area (Å²) in [6.45, 7) is 3.86. The highest BCUT2D eigenvalue weighted by Gasteiger charge is 2.37. The van der Waals surface area contributed by atoms with Crippen molar-refractivity contribution in [2.75, 3.05) is 11.3 Å². The zero-order valence-corrected chi connectivity index (χ0v) is 15.4. The van der Waals surface area contributed by atoms with Crippen LogP contribution in [0.3, 0.4) is 0 Å². The van der Waals surface area contributed by atoms with E-state index in [4.69, 9.17) is 9.47 Å². The van der Waals surface area contributed by atoms with Crippen LogP contribution in [-0.4, -0.2) is 21.1 Å². The van der Waals surface area contributed by atoms with E-state index in [1.54, 1.807) is 13.0 Å². The highest BCUT2D eigenvalue weighted by molar-refractivity contribution is 7.92. The lowest BCUT2D eigenvalue weighted by atomic mass is 10.1. The Morgan fingerprint density at radius 1 is 1.26 bits per heavy atom. The lowest BCUT2D eigenvalue weighted by Gasteiger charge is -2.17. The Morgan fingerprint density at radius 3 is 2.63 bits per heavy atom. The van der Waals surface area contributed by atoms with Gasteiger partial charge >= 0.3 is 6.18 Å². The number of anilines is 1. The Labute approximate surface area is 155 Å². The van der Waals surface area contributed by atoms with Crippen LogP contribution >= 0.6 is 0 Å². The zero-order valence-electron chi connectivity index (χ0n) is 14.6. The van der Waals surface area contributed by atoms with E-state index in [2.05, 4.69) is 4.72 Å². The fourth-order valence-corrected chi connectivity index (χ4v) is 4.22. The summed E-state index contributed by atoms with van der Waals surface area (Å²) in [7, 11) is -4.50. The molecule has 2 aromatic rings. The molecule has 0 fully saturated rings.